The van der Waals surface area contributed by atoms with Gasteiger partial charge in [0, 0.05) is 48.2 Å². The molecule has 4 rings (SSSR count). The molecule has 0 aliphatic heterocycles. The smallest absolute Gasteiger partial charge is 0.229 e. The topological polar surface area (TPSA) is 84.8 Å². The monoisotopic (exact) mass is 430 g/mol. The molecule has 0 atom stereocenters. The fourth-order valence-electron chi connectivity index (χ4n) is 3.62. The highest BCUT2D eigenvalue weighted by Crippen LogP contribution is 2.32. The number of rotatable bonds is 7. The summed E-state index contributed by atoms with van der Waals surface area (Å²) in [6.07, 6.45) is 10.9. The Labute approximate surface area is 182 Å². The van der Waals surface area contributed by atoms with Crippen LogP contribution in [0.5, 0.6) is 0 Å². The lowest BCUT2D eigenvalue weighted by molar-refractivity contribution is 0.607. The molecule has 0 saturated carbocycles. The lowest BCUT2D eigenvalue weighted by Gasteiger charge is -2.19. The Bertz CT molecular complexity index is 1220. The van der Waals surface area contributed by atoms with E-state index in [1.54, 1.807) is 30.7 Å². The van der Waals surface area contributed by atoms with Crippen LogP contribution in [0.1, 0.15) is 22.6 Å². The van der Waals surface area contributed by atoms with Crippen LogP contribution in [0.15, 0.2) is 91.6 Å². The van der Waals surface area contributed by atoms with Gasteiger partial charge in [-0.2, -0.15) is 0 Å². The van der Waals surface area contributed by atoms with Crippen LogP contribution in [-0.4, -0.2) is 29.6 Å². The van der Waals surface area contributed by atoms with Crippen molar-refractivity contribution >= 4 is 15.7 Å². The number of aromatic nitrogens is 3. The van der Waals surface area contributed by atoms with Crippen molar-refractivity contribution in [1.29, 1.82) is 0 Å². The number of benzene rings is 1. The predicted molar refractivity (Wildman–Crippen MR) is 122 cm³/mol. The van der Waals surface area contributed by atoms with E-state index in [9.17, 15) is 8.42 Å². The predicted octanol–water partition coefficient (Wildman–Crippen LogP) is 4.28. The minimum absolute atomic E-state index is 0.0580. The van der Waals surface area contributed by atoms with E-state index in [4.69, 9.17) is 0 Å². The lowest BCUT2D eigenvalue weighted by Crippen LogP contribution is -2.10. The van der Waals surface area contributed by atoms with Crippen LogP contribution in [0.4, 0.5) is 5.69 Å². The van der Waals surface area contributed by atoms with Crippen molar-refractivity contribution in [1.82, 2.24) is 15.0 Å². The maximum atomic E-state index is 11.6. The number of hydrogen-bond acceptors (Lipinski definition) is 5. The van der Waals surface area contributed by atoms with Crippen molar-refractivity contribution in [2.45, 2.75) is 12.3 Å². The van der Waals surface area contributed by atoms with Gasteiger partial charge in [0.2, 0.25) is 10.0 Å². The SMILES string of the molecule is CS(=O)(=O)Nc1cccc(-c2ncccc2CC(c2cccnc2)c2cccnc2)c1. The lowest BCUT2D eigenvalue weighted by atomic mass is 9.86. The summed E-state index contributed by atoms with van der Waals surface area (Å²) in [5.41, 5.74) is 5.41. The van der Waals surface area contributed by atoms with Gasteiger partial charge in [-0.25, -0.2) is 8.42 Å². The first kappa shape index (κ1) is 20.7. The first-order chi connectivity index (χ1) is 15.0. The highest BCUT2D eigenvalue weighted by molar-refractivity contribution is 7.92. The first-order valence-electron chi connectivity index (χ1n) is 9.81. The molecular formula is C24H22N4O2S. The number of nitrogens with one attached hydrogen (secondary N) is 1. The Kier molecular flexibility index (Phi) is 6.04. The Hall–Kier alpha value is -3.58. The van der Waals surface area contributed by atoms with Crippen LogP contribution in [0.25, 0.3) is 11.3 Å². The van der Waals surface area contributed by atoms with Crippen LogP contribution in [0.3, 0.4) is 0 Å². The fourth-order valence-corrected chi connectivity index (χ4v) is 4.17. The van der Waals surface area contributed by atoms with Crippen LogP contribution in [0.2, 0.25) is 0 Å². The second kappa shape index (κ2) is 9.06. The zero-order chi connectivity index (χ0) is 21.7. The van der Waals surface area contributed by atoms with E-state index in [2.05, 4.69) is 37.9 Å². The van der Waals surface area contributed by atoms with E-state index in [0.29, 0.717) is 12.1 Å². The van der Waals surface area contributed by atoms with Crippen LogP contribution in [-0.2, 0) is 16.4 Å². The molecule has 0 aliphatic rings. The van der Waals surface area contributed by atoms with Crippen LogP contribution in [0, 0.1) is 0 Å². The van der Waals surface area contributed by atoms with Crippen molar-refractivity contribution in [3.05, 3.63) is 108 Å². The van der Waals surface area contributed by atoms with Gasteiger partial charge in [0.1, 0.15) is 0 Å². The quantitative estimate of drug-likeness (QED) is 0.473. The molecule has 4 aromatic rings. The second-order valence-corrected chi connectivity index (χ2v) is 9.04. The zero-order valence-corrected chi connectivity index (χ0v) is 17.8. The van der Waals surface area contributed by atoms with Crippen LogP contribution < -0.4 is 4.72 Å². The third-order valence-electron chi connectivity index (χ3n) is 4.93. The molecule has 1 aromatic carbocycles. The summed E-state index contributed by atoms with van der Waals surface area (Å²) in [4.78, 5) is 13.2. The van der Waals surface area contributed by atoms with E-state index in [0.717, 1.165) is 34.2 Å². The average Bonchev–Trinajstić information content (AvgIpc) is 2.78. The van der Waals surface area contributed by atoms with Gasteiger partial charge in [-0.3, -0.25) is 19.7 Å². The number of nitrogens with zero attached hydrogens (tertiary/aromatic N) is 3. The molecule has 156 valence electrons. The van der Waals surface area contributed by atoms with Crippen LogP contribution >= 0.6 is 0 Å². The fraction of sp³-hybridized carbons (Fsp3) is 0.125. The number of pyridine rings is 3. The normalized spacial score (nSPS) is 11.4. The standard InChI is InChI=1S/C24H22N4O2S/c1-31(29,30)28-22-10-2-6-18(14-22)24-19(7-5-13-27-24)15-23(20-8-3-11-25-16-20)21-9-4-12-26-17-21/h2-14,16-17,23,28H,15H2,1H3. The van der Waals surface area contributed by atoms with E-state index < -0.39 is 10.0 Å². The van der Waals surface area contributed by atoms with Gasteiger partial charge in [0.25, 0.3) is 0 Å². The van der Waals surface area contributed by atoms with Gasteiger partial charge < -0.3 is 0 Å². The molecule has 0 fully saturated rings. The van der Waals surface area contributed by atoms with Gasteiger partial charge in [-0.05, 0) is 53.4 Å². The van der Waals surface area contributed by atoms with Crippen molar-refractivity contribution < 1.29 is 8.42 Å². The molecule has 6 nitrogen and oxygen atoms in total. The van der Waals surface area contributed by atoms with Gasteiger partial charge in [0.15, 0.2) is 0 Å². The van der Waals surface area contributed by atoms with Crippen molar-refractivity contribution in [3.63, 3.8) is 0 Å². The Morgan fingerprint density at radius 2 is 1.55 bits per heavy atom. The number of anilines is 1. The summed E-state index contributed by atoms with van der Waals surface area (Å²) in [6.45, 7) is 0. The molecule has 0 aliphatic carbocycles. The number of hydrogen-bond donors (Lipinski definition) is 1. The molecule has 0 spiro atoms. The molecule has 31 heavy (non-hydrogen) atoms. The first-order valence-corrected chi connectivity index (χ1v) is 11.7. The van der Waals surface area contributed by atoms with Gasteiger partial charge in [0.05, 0.1) is 11.9 Å². The Balaban J connectivity index is 1.74. The molecule has 3 heterocycles. The molecule has 3 aromatic heterocycles. The summed E-state index contributed by atoms with van der Waals surface area (Å²) in [5.74, 6) is 0.0580. The number of sulfonamides is 1. The minimum atomic E-state index is -3.36. The molecule has 0 amide bonds. The highest BCUT2D eigenvalue weighted by atomic mass is 32.2. The zero-order valence-electron chi connectivity index (χ0n) is 17.0. The minimum Gasteiger partial charge on any atom is -0.284 e. The Morgan fingerprint density at radius 3 is 2.16 bits per heavy atom. The summed E-state index contributed by atoms with van der Waals surface area (Å²) in [6, 6.07) is 19.3. The van der Waals surface area contributed by atoms with E-state index in [-0.39, 0.29) is 5.92 Å². The summed E-state index contributed by atoms with van der Waals surface area (Å²) in [7, 11) is -3.36. The van der Waals surface area contributed by atoms with Gasteiger partial charge in [-0.15, -0.1) is 0 Å². The van der Waals surface area contributed by atoms with Gasteiger partial charge >= 0.3 is 0 Å². The maximum Gasteiger partial charge on any atom is 0.229 e. The van der Waals surface area contributed by atoms with E-state index >= 15 is 0 Å². The molecule has 7 heteroatoms. The van der Waals surface area contributed by atoms with Crippen molar-refractivity contribution in [2.24, 2.45) is 0 Å². The highest BCUT2D eigenvalue weighted by Gasteiger charge is 2.18. The molecule has 0 bridgehead atoms. The van der Waals surface area contributed by atoms with E-state index in [1.165, 1.54) is 0 Å². The third-order valence-corrected chi connectivity index (χ3v) is 5.53. The molecular weight excluding hydrogens is 408 g/mol. The largest absolute Gasteiger partial charge is 0.284 e. The van der Waals surface area contributed by atoms with E-state index in [1.807, 2.05) is 42.7 Å². The maximum absolute atomic E-state index is 11.6. The second-order valence-electron chi connectivity index (χ2n) is 7.30. The summed E-state index contributed by atoms with van der Waals surface area (Å²) in [5, 5.41) is 0. The third kappa shape index (κ3) is 5.32. The van der Waals surface area contributed by atoms with Gasteiger partial charge in [-0.1, -0.05) is 30.3 Å². The molecule has 0 unspecified atom stereocenters. The average molecular weight is 431 g/mol. The molecule has 1 N–H and O–H groups in total. The molecule has 0 saturated heterocycles. The molecule has 0 radical (unpaired) electrons. The van der Waals surface area contributed by atoms with Crippen molar-refractivity contribution in [3.8, 4) is 11.3 Å². The summed E-state index contributed by atoms with van der Waals surface area (Å²) < 4.78 is 25.8. The summed E-state index contributed by atoms with van der Waals surface area (Å²) >= 11 is 0. The Morgan fingerprint density at radius 1 is 0.871 bits per heavy atom. The van der Waals surface area contributed by atoms with Crippen molar-refractivity contribution in [2.75, 3.05) is 11.0 Å².